The molecule has 10 heteroatoms. The van der Waals surface area contributed by atoms with Crippen LogP contribution in [0.3, 0.4) is 0 Å². The molecule has 43 heavy (non-hydrogen) atoms. The molecule has 2 amide bonds. The van der Waals surface area contributed by atoms with Gasteiger partial charge in [-0.2, -0.15) is 9.97 Å². The Kier molecular flexibility index (Phi) is 9.34. The number of aromatic nitrogens is 3. The van der Waals surface area contributed by atoms with E-state index in [4.69, 9.17) is 14.7 Å². The molecule has 1 fully saturated rings. The number of para-hydroxylation sites is 1. The summed E-state index contributed by atoms with van der Waals surface area (Å²) in [5, 5.41) is 8.41. The number of aryl methyl sites for hydroxylation is 1. The zero-order valence-corrected chi connectivity index (χ0v) is 27.0. The van der Waals surface area contributed by atoms with Gasteiger partial charge < -0.3 is 30.2 Å². The molecule has 0 radical (unpaired) electrons. The van der Waals surface area contributed by atoms with Crippen molar-refractivity contribution in [2.75, 3.05) is 37.8 Å². The number of urea groups is 1. The number of likely N-dealkylation sites (tertiary alicyclic amines) is 1. The molecule has 2 aromatic heterocycles. The van der Waals surface area contributed by atoms with Crippen LogP contribution in [0, 0.1) is 6.92 Å². The Bertz CT molecular complexity index is 1580. The lowest BCUT2D eigenvalue weighted by molar-refractivity contribution is 0.156. The van der Waals surface area contributed by atoms with E-state index in [0.717, 1.165) is 59.9 Å². The van der Waals surface area contributed by atoms with Crippen LogP contribution in [0.5, 0.6) is 5.75 Å². The van der Waals surface area contributed by atoms with Crippen molar-refractivity contribution in [3.8, 4) is 5.75 Å². The van der Waals surface area contributed by atoms with Crippen molar-refractivity contribution in [3.63, 3.8) is 0 Å². The van der Waals surface area contributed by atoms with E-state index in [9.17, 15) is 4.79 Å². The van der Waals surface area contributed by atoms with Crippen molar-refractivity contribution in [1.29, 1.82) is 0 Å². The van der Waals surface area contributed by atoms with Gasteiger partial charge in [-0.1, -0.05) is 26.0 Å². The number of hydrogen-bond acceptors (Lipinski definition) is 7. The number of nitrogens with zero attached hydrogens (tertiary/aromatic N) is 4. The highest BCUT2D eigenvalue weighted by molar-refractivity contribution is 8.00. The molecule has 3 heterocycles. The van der Waals surface area contributed by atoms with Crippen LogP contribution in [0.15, 0.2) is 53.6 Å². The first-order valence-electron chi connectivity index (χ1n) is 15.0. The van der Waals surface area contributed by atoms with Crippen LogP contribution in [0.25, 0.3) is 11.0 Å². The fraction of sp³-hybridized carbons (Fsp3) is 0.424. The predicted molar refractivity (Wildman–Crippen MR) is 177 cm³/mol. The molecule has 1 aliphatic heterocycles. The molecule has 0 aliphatic carbocycles. The van der Waals surface area contributed by atoms with Gasteiger partial charge in [0.15, 0.2) is 0 Å². The van der Waals surface area contributed by atoms with Crippen molar-refractivity contribution in [3.05, 3.63) is 59.8 Å². The lowest BCUT2D eigenvalue weighted by Crippen LogP contribution is -2.43. The number of fused-ring (bicyclic) bond motifs is 1. The molecule has 0 unspecified atom stereocenters. The van der Waals surface area contributed by atoms with E-state index in [0.29, 0.717) is 17.1 Å². The average Bonchev–Trinajstić information content (AvgIpc) is 3.44. The summed E-state index contributed by atoms with van der Waals surface area (Å²) in [5.41, 5.74) is 5.02. The minimum atomic E-state index is -0.00495. The predicted octanol–water partition coefficient (Wildman–Crippen LogP) is 7.90. The Hall–Kier alpha value is -3.92. The quantitative estimate of drug-likeness (QED) is 0.168. The maximum atomic E-state index is 12.5. The molecule has 3 N–H and O–H groups in total. The summed E-state index contributed by atoms with van der Waals surface area (Å²) in [4.78, 5) is 30.2. The van der Waals surface area contributed by atoms with Crippen LogP contribution >= 0.6 is 11.8 Å². The number of anilines is 4. The van der Waals surface area contributed by atoms with Crippen LogP contribution in [0.1, 0.15) is 57.6 Å². The number of H-pyrrole nitrogens is 1. The number of nitrogens with one attached hydrogen (secondary N) is 3. The summed E-state index contributed by atoms with van der Waals surface area (Å²) in [5.74, 6) is 2.33. The van der Waals surface area contributed by atoms with E-state index in [1.54, 1.807) is 19.0 Å². The number of thioether (sulfide) groups is 1. The lowest BCUT2D eigenvalue weighted by atomic mass is 9.86. The molecule has 4 aromatic rings. The largest absolute Gasteiger partial charge is 0.489 e. The second kappa shape index (κ2) is 13.2. The normalized spacial score (nSPS) is 14.0. The first-order valence-corrected chi connectivity index (χ1v) is 15.9. The second-order valence-electron chi connectivity index (χ2n) is 11.9. The van der Waals surface area contributed by atoms with Crippen molar-refractivity contribution < 1.29 is 9.53 Å². The third-order valence-corrected chi connectivity index (χ3v) is 8.57. The molecule has 0 saturated carbocycles. The number of piperidine rings is 1. The average molecular weight is 602 g/mol. The molecule has 2 aromatic carbocycles. The van der Waals surface area contributed by atoms with Gasteiger partial charge >= 0.3 is 6.03 Å². The Labute approximate surface area is 258 Å². The Balaban J connectivity index is 1.44. The Morgan fingerprint density at radius 2 is 1.79 bits per heavy atom. The monoisotopic (exact) mass is 601 g/mol. The smallest absolute Gasteiger partial charge is 0.319 e. The summed E-state index contributed by atoms with van der Waals surface area (Å²) >= 11 is 1.82. The van der Waals surface area contributed by atoms with Crippen LogP contribution < -0.4 is 15.4 Å². The van der Waals surface area contributed by atoms with Crippen LogP contribution in [0.4, 0.5) is 27.9 Å². The van der Waals surface area contributed by atoms with Crippen molar-refractivity contribution in [2.45, 2.75) is 69.6 Å². The van der Waals surface area contributed by atoms with Crippen LogP contribution in [-0.2, 0) is 0 Å². The fourth-order valence-electron chi connectivity index (χ4n) is 5.52. The number of rotatable bonds is 9. The number of aromatic amines is 1. The van der Waals surface area contributed by atoms with Gasteiger partial charge in [-0.3, -0.25) is 0 Å². The highest BCUT2D eigenvalue weighted by Gasteiger charge is 2.27. The van der Waals surface area contributed by atoms with E-state index in [1.165, 1.54) is 16.0 Å². The molecule has 1 saturated heterocycles. The molecule has 1 aliphatic rings. The number of carbonyl (C=O) groups is 1. The van der Waals surface area contributed by atoms with Gasteiger partial charge in [-0.15, -0.1) is 11.8 Å². The van der Waals surface area contributed by atoms with Gasteiger partial charge in [-0.25, -0.2) is 4.79 Å². The summed E-state index contributed by atoms with van der Waals surface area (Å²) in [6, 6.07) is 14.7. The number of benzene rings is 2. The van der Waals surface area contributed by atoms with Gasteiger partial charge in [0, 0.05) is 43.5 Å². The molecule has 0 bridgehead atoms. The van der Waals surface area contributed by atoms with E-state index in [1.807, 2.05) is 48.8 Å². The van der Waals surface area contributed by atoms with E-state index >= 15 is 0 Å². The maximum Gasteiger partial charge on any atom is 0.319 e. The third-order valence-electron chi connectivity index (χ3n) is 7.48. The molecule has 0 spiro atoms. The van der Waals surface area contributed by atoms with Crippen LogP contribution in [-0.4, -0.2) is 69.3 Å². The van der Waals surface area contributed by atoms with Gasteiger partial charge in [-0.05, 0) is 81.0 Å². The number of amides is 2. The molecule has 228 valence electrons. The van der Waals surface area contributed by atoms with Crippen molar-refractivity contribution >= 4 is 52.0 Å². The number of ether oxygens (including phenoxy) is 1. The molecule has 9 nitrogen and oxygen atoms in total. The highest BCUT2D eigenvalue weighted by Crippen LogP contribution is 2.39. The topological polar surface area (TPSA) is 98.4 Å². The lowest BCUT2D eigenvalue weighted by Gasteiger charge is -2.34. The first kappa shape index (κ1) is 30.5. The molecular formula is C33H43N7O2S. The highest BCUT2D eigenvalue weighted by atomic mass is 32.2. The fourth-order valence-corrected chi connectivity index (χ4v) is 6.44. The van der Waals surface area contributed by atoms with Crippen molar-refractivity contribution in [1.82, 2.24) is 24.8 Å². The SMILES string of the molecule is Cc1cc(Nc2nc(Nc3ccccc3SC(C)C)c3cc[nH]c3n2)c(OC(C)C)cc1C1CCN(C(=O)N(C)C)CC1. The summed E-state index contributed by atoms with van der Waals surface area (Å²) < 4.78 is 6.33. The van der Waals surface area contributed by atoms with Crippen LogP contribution in [0.2, 0.25) is 0 Å². The van der Waals surface area contributed by atoms with Gasteiger partial charge in [0.2, 0.25) is 5.95 Å². The minimum absolute atomic E-state index is 0.00495. The third kappa shape index (κ3) is 7.18. The van der Waals surface area contributed by atoms with Gasteiger partial charge in [0.1, 0.15) is 17.2 Å². The Morgan fingerprint density at radius 1 is 1.05 bits per heavy atom. The number of hydrogen-bond donors (Lipinski definition) is 3. The van der Waals surface area contributed by atoms with Gasteiger partial charge in [0.25, 0.3) is 0 Å². The Morgan fingerprint density at radius 3 is 2.49 bits per heavy atom. The summed E-state index contributed by atoms with van der Waals surface area (Å²) in [6.45, 7) is 12.1. The van der Waals surface area contributed by atoms with E-state index in [2.05, 4.69) is 66.7 Å². The first-order chi connectivity index (χ1) is 20.6. The molecular weight excluding hydrogens is 558 g/mol. The zero-order valence-electron chi connectivity index (χ0n) is 26.2. The maximum absolute atomic E-state index is 12.5. The molecule has 0 atom stereocenters. The summed E-state index contributed by atoms with van der Waals surface area (Å²) in [6.07, 6.45) is 3.72. The van der Waals surface area contributed by atoms with Gasteiger partial charge in [0.05, 0.1) is 22.9 Å². The number of carbonyl (C=O) groups excluding carboxylic acids is 1. The summed E-state index contributed by atoms with van der Waals surface area (Å²) in [7, 11) is 3.61. The standard InChI is InChI=1S/C33H43N7O2S/c1-20(2)42-28-19-25(23-13-16-40(17-14-23)33(41)39(6)7)22(5)18-27(28)36-32-37-30-24(12-15-34-30)31(38-32)35-26-10-8-9-11-29(26)43-21(3)4/h8-12,15,18-21,23H,13-14,16-17H2,1-7H3,(H3,34,35,36,37,38). The van der Waals surface area contributed by atoms with E-state index in [-0.39, 0.29) is 12.1 Å². The minimum Gasteiger partial charge on any atom is -0.489 e. The zero-order chi connectivity index (χ0) is 30.7. The molecule has 5 rings (SSSR count). The second-order valence-corrected chi connectivity index (χ2v) is 13.5. The van der Waals surface area contributed by atoms with E-state index < -0.39 is 0 Å². The van der Waals surface area contributed by atoms with Crippen molar-refractivity contribution in [2.24, 2.45) is 0 Å².